The predicted octanol–water partition coefficient (Wildman–Crippen LogP) is 2.69. The fraction of sp³-hybridized carbons (Fsp3) is 0.846. The van der Waals surface area contributed by atoms with E-state index in [0.717, 1.165) is 25.7 Å². The van der Waals surface area contributed by atoms with Gasteiger partial charge in [0.15, 0.2) is 0 Å². The Hall–Kier alpha value is -0.860. The van der Waals surface area contributed by atoms with Crippen molar-refractivity contribution < 1.29 is 9.59 Å². The molecule has 94 valence electrons. The van der Waals surface area contributed by atoms with Crippen molar-refractivity contribution in [1.29, 1.82) is 0 Å². The van der Waals surface area contributed by atoms with Crippen molar-refractivity contribution >= 4 is 11.7 Å². The molecule has 0 unspecified atom stereocenters. The second-order valence-electron chi connectivity index (χ2n) is 4.49. The van der Waals surface area contributed by atoms with E-state index in [1.807, 2.05) is 20.8 Å². The molecule has 0 saturated carbocycles. The van der Waals surface area contributed by atoms with Crippen LogP contribution in [0.2, 0.25) is 0 Å². The first-order chi connectivity index (χ1) is 7.57. The third-order valence-corrected chi connectivity index (χ3v) is 2.59. The predicted molar refractivity (Wildman–Crippen MR) is 66.2 cm³/mol. The van der Waals surface area contributed by atoms with Crippen LogP contribution in [0.25, 0.3) is 0 Å². The third kappa shape index (κ3) is 8.45. The highest BCUT2D eigenvalue weighted by atomic mass is 16.1. The lowest BCUT2D eigenvalue weighted by Gasteiger charge is -2.04. The molecule has 0 radical (unpaired) electrons. The average molecular weight is 227 g/mol. The Balaban J connectivity index is 3.28. The minimum absolute atomic E-state index is 0.140. The summed E-state index contributed by atoms with van der Waals surface area (Å²) in [6.45, 7) is 6.52. The van der Waals surface area contributed by atoms with Crippen LogP contribution < -0.4 is 5.32 Å². The molecule has 0 saturated heterocycles. The van der Waals surface area contributed by atoms with Crippen LogP contribution in [0.3, 0.4) is 0 Å². The molecule has 3 nitrogen and oxygen atoms in total. The average Bonchev–Trinajstić information content (AvgIpc) is 2.23. The van der Waals surface area contributed by atoms with E-state index in [9.17, 15) is 9.59 Å². The van der Waals surface area contributed by atoms with E-state index < -0.39 is 0 Å². The van der Waals surface area contributed by atoms with Crippen molar-refractivity contribution in [3.05, 3.63) is 0 Å². The molecule has 0 aromatic rings. The van der Waals surface area contributed by atoms with Crippen molar-refractivity contribution in [2.45, 2.75) is 59.3 Å². The Morgan fingerprint density at radius 2 is 1.56 bits per heavy atom. The van der Waals surface area contributed by atoms with E-state index in [1.165, 1.54) is 0 Å². The first-order valence-corrected chi connectivity index (χ1v) is 6.37. The topological polar surface area (TPSA) is 46.2 Å². The SMILES string of the molecule is CCNC(=O)CCCCCCC(=O)C(C)C. The maximum Gasteiger partial charge on any atom is 0.219 e. The summed E-state index contributed by atoms with van der Waals surface area (Å²) in [6.07, 6.45) is 5.30. The molecule has 0 rings (SSSR count). The molecule has 0 aromatic heterocycles. The molecule has 0 atom stereocenters. The summed E-state index contributed by atoms with van der Waals surface area (Å²) in [5.74, 6) is 0.653. The van der Waals surface area contributed by atoms with Crippen molar-refractivity contribution in [2.24, 2.45) is 5.92 Å². The fourth-order valence-electron chi connectivity index (χ4n) is 1.51. The van der Waals surface area contributed by atoms with E-state index in [1.54, 1.807) is 0 Å². The number of nitrogens with one attached hydrogen (secondary N) is 1. The second kappa shape index (κ2) is 9.37. The molecule has 1 amide bonds. The highest BCUT2D eigenvalue weighted by Crippen LogP contribution is 2.08. The van der Waals surface area contributed by atoms with Gasteiger partial charge in [-0.25, -0.2) is 0 Å². The highest BCUT2D eigenvalue weighted by Gasteiger charge is 2.06. The molecule has 3 heteroatoms. The second-order valence-corrected chi connectivity index (χ2v) is 4.49. The molecule has 0 fully saturated rings. The summed E-state index contributed by atoms with van der Waals surface area (Å²) in [7, 11) is 0. The molecule has 0 spiro atoms. The van der Waals surface area contributed by atoms with Gasteiger partial charge in [-0.3, -0.25) is 9.59 Å². The number of hydrogen-bond donors (Lipinski definition) is 1. The Morgan fingerprint density at radius 1 is 1.00 bits per heavy atom. The summed E-state index contributed by atoms with van der Waals surface area (Å²) < 4.78 is 0. The van der Waals surface area contributed by atoms with Gasteiger partial charge < -0.3 is 5.32 Å². The lowest BCUT2D eigenvalue weighted by molar-refractivity contribution is -0.122. The van der Waals surface area contributed by atoms with Crippen LogP contribution in [0.4, 0.5) is 0 Å². The molecule has 0 bridgehead atoms. The Bertz CT molecular complexity index is 212. The van der Waals surface area contributed by atoms with E-state index >= 15 is 0 Å². The van der Waals surface area contributed by atoms with Gasteiger partial charge in [-0.05, 0) is 19.8 Å². The number of hydrogen-bond acceptors (Lipinski definition) is 2. The van der Waals surface area contributed by atoms with Gasteiger partial charge in [-0.2, -0.15) is 0 Å². The maximum absolute atomic E-state index is 11.3. The van der Waals surface area contributed by atoms with Gasteiger partial charge in [0, 0.05) is 25.3 Å². The van der Waals surface area contributed by atoms with Crippen molar-refractivity contribution in [1.82, 2.24) is 5.32 Å². The summed E-state index contributed by atoms with van der Waals surface area (Å²) >= 11 is 0. The molecular weight excluding hydrogens is 202 g/mol. The lowest BCUT2D eigenvalue weighted by atomic mass is 10.0. The Kier molecular flexibility index (Phi) is 8.87. The number of unbranched alkanes of at least 4 members (excludes halogenated alkanes) is 3. The standard InChI is InChI=1S/C13H25NO2/c1-4-14-13(16)10-8-6-5-7-9-12(15)11(2)3/h11H,4-10H2,1-3H3,(H,14,16). The molecule has 0 aliphatic carbocycles. The zero-order chi connectivity index (χ0) is 12.4. The van der Waals surface area contributed by atoms with Gasteiger partial charge in [0.05, 0.1) is 0 Å². The number of amides is 1. The van der Waals surface area contributed by atoms with Gasteiger partial charge in [0.25, 0.3) is 0 Å². The van der Waals surface area contributed by atoms with E-state index in [0.29, 0.717) is 25.2 Å². The molecule has 0 aliphatic rings. The van der Waals surface area contributed by atoms with Crippen molar-refractivity contribution in [3.8, 4) is 0 Å². The number of carbonyl (C=O) groups is 2. The molecular formula is C13H25NO2. The van der Waals surface area contributed by atoms with Crippen LogP contribution in [-0.2, 0) is 9.59 Å². The summed E-state index contributed by atoms with van der Waals surface area (Å²) in [5, 5.41) is 2.78. The van der Waals surface area contributed by atoms with Gasteiger partial charge in [0.2, 0.25) is 5.91 Å². The minimum Gasteiger partial charge on any atom is -0.356 e. The Labute approximate surface area is 99.0 Å². The lowest BCUT2D eigenvalue weighted by Crippen LogP contribution is -2.21. The summed E-state index contributed by atoms with van der Waals surface area (Å²) in [4.78, 5) is 22.4. The molecule has 0 aliphatic heterocycles. The van der Waals surface area contributed by atoms with Crippen molar-refractivity contribution in [3.63, 3.8) is 0 Å². The third-order valence-electron chi connectivity index (χ3n) is 2.59. The summed E-state index contributed by atoms with van der Waals surface area (Å²) in [5.41, 5.74) is 0. The van der Waals surface area contributed by atoms with Crippen LogP contribution in [-0.4, -0.2) is 18.2 Å². The molecule has 0 heterocycles. The van der Waals surface area contributed by atoms with Crippen LogP contribution >= 0.6 is 0 Å². The van der Waals surface area contributed by atoms with E-state index in [4.69, 9.17) is 0 Å². The first kappa shape index (κ1) is 15.1. The number of ketones is 1. The summed E-state index contributed by atoms with van der Waals surface area (Å²) in [6, 6.07) is 0. The normalized spacial score (nSPS) is 10.5. The number of Topliss-reactive ketones (excluding diaryl/α,β-unsaturated/α-hetero) is 1. The Morgan fingerprint density at radius 3 is 2.06 bits per heavy atom. The van der Waals surface area contributed by atoms with Crippen LogP contribution in [0, 0.1) is 5.92 Å². The van der Waals surface area contributed by atoms with E-state index in [-0.39, 0.29) is 11.8 Å². The van der Waals surface area contributed by atoms with Crippen LogP contribution in [0.15, 0.2) is 0 Å². The number of carbonyl (C=O) groups excluding carboxylic acids is 2. The minimum atomic E-state index is 0.140. The molecule has 16 heavy (non-hydrogen) atoms. The van der Waals surface area contributed by atoms with Gasteiger partial charge in [0.1, 0.15) is 5.78 Å². The molecule has 1 N–H and O–H groups in total. The highest BCUT2D eigenvalue weighted by molar-refractivity contribution is 5.80. The first-order valence-electron chi connectivity index (χ1n) is 6.37. The zero-order valence-electron chi connectivity index (χ0n) is 10.8. The number of rotatable bonds is 9. The maximum atomic E-state index is 11.3. The van der Waals surface area contributed by atoms with Crippen LogP contribution in [0.1, 0.15) is 59.3 Å². The van der Waals surface area contributed by atoms with Gasteiger partial charge in [-0.15, -0.1) is 0 Å². The molecule has 0 aromatic carbocycles. The monoisotopic (exact) mass is 227 g/mol. The van der Waals surface area contributed by atoms with E-state index in [2.05, 4.69) is 5.32 Å². The zero-order valence-corrected chi connectivity index (χ0v) is 10.8. The van der Waals surface area contributed by atoms with Gasteiger partial charge in [-0.1, -0.05) is 26.7 Å². The van der Waals surface area contributed by atoms with Crippen molar-refractivity contribution in [2.75, 3.05) is 6.54 Å². The van der Waals surface area contributed by atoms with Crippen LogP contribution in [0.5, 0.6) is 0 Å². The smallest absolute Gasteiger partial charge is 0.219 e. The largest absolute Gasteiger partial charge is 0.356 e. The van der Waals surface area contributed by atoms with Gasteiger partial charge >= 0.3 is 0 Å². The quantitative estimate of drug-likeness (QED) is 0.616. The fourth-order valence-corrected chi connectivity index (χ4v) is 1.51.